The van der Waals surface area contributed by atoms with Crippen molar-refractivity contribution in [2.45, 2.75) is 25.6 Å². The van der Waals surface area contributed by atoms with E-state index in [-0.39, 0.29) is 12.0 Å². The van der Waals surface area contributed by atoms with E-state index in [1.807, 2.05) is 54.6 Å². The van der Waals surface area contributed by atoms with E-state index >= 15 is 0 Å². The molecule has 1 aliphatic carbocycles. The quantitative estimate of drug-likeness (QED) is 0.886. The molecule has 2 aromatic carbocycles. The Balaban J connectivity index is 1.47. The monoisotopic (exact) mass is 298 g/mol. The van der Waals surface area contributed by atoms with Crippen LogP contribution in [-0.2, 0) is 11.4 Å². The third-order valence-corrected chi connectivity index (χ3v) is 3.82. The number of hydrogen-bond donors (Lipinski definition) is 1. The van der Waals surface area contributed by atoms with E-state index in [9.17, 15) is 4.79 Å². The Morgan fingerprint density at radius 2 is 1.64 bits per heavy atom. The normalized spacial score (nSPS) is 20.0. The SMILES string of the molecule is O=C(O)C1CC(Oc2ccc(OCc3ccccc3)cc2)C1. The highest BCUT2D eigenvalue weighted by Gasteiger charge is 2.35. The Hall–Kier alpha value is -2.49. The first kappa shape index (κ1) is 14.4. The molecule has 0 amide bonds. The third kappa shape index (κ3) is 3.58. The first-order chi connectivity index (χ1) is 10.7. The lowest BCUT2D eigenvalue weighted by atomic mass is 9.82. The Kier molecular flexibility index (Phi) is 4.28. The number of rotatable bonds is 6. The number of carbonyl (C=O) groups is 1. The third-order valence-electron chi connectivity index (χ3n) is 3.82. The van der Waals surface area contributed by atoms with Gasteiger partial charge in [0, 0.05) is 0 Å². The van der Waals surface area contributed by atoms with E-state index in [0.29, 0.717) is 19.4 Å². The molecule has 114 valence electrons. The van der Waals surface area contributed by atoms with Crippen LogP contribution in [0.25, 0.3) is 0 Å². The van der Waals surface area contributed by atoms with E-state index in [2.05, 4.69) is 0 Å². The van der Waals surface area contributed by atoms with Gasteiger partial charge in [-0.05, 0) is 42.7 Å². The topological polar surface area (TPSA) is 55.8 Å². The number of carboxylic acid groups (broad SMARTS) is 1. The van der Waals surface area contributed by atoms with Crippen molar-refractivity contribution in [3.8, 4) is 11.5 Å². The highest BCUT2D eigenvalue weighted by molar-refractivity contribution is 5.71. The van der Waals surface area contributed by atoms with Gasteiger partial charge in [-0.25, -0.2) is 0 Å². The maximum Gasteiger partial charge on any atom is 0.306 e. The maximum absolute atomic E-state index is 10.7. The van der Waals surface area contributed by atoms with Crippen molar-refractivity contribution in [1.82, 2.24) is 0 Å². The van der Waals surface area contributed by atoms with Crippen LogP contribution in [0.3, 0.4) is 0 Å². The van der Waals surface area contributed by atoms with Crippen molar-refractivity contribution in [3.63, 3.8) is 0 Å². The van der Waals surface area contributed by atoms with Gasteiger partial charge in [-0.1, -0.05) is 30.3 Å². The summed E-state index contributed by atoms with van der Waals surface area (Å²) in [6, 6.07) is 17.4. The molecule has 0 atom stereocenters. The molecule has 0 unspecified atom stereocenters. The molecule has 1 fully saturated rings. The van der Waals surface area contributed by atoms with Gasteiger partial charge in [0.05, 0.1) is 5.92 Å². The number of carboxylic acids is 1. The van der Waals surface area contributed by atoms with Crippen LogP contribution in [-0.4, -0.2) is 17.2 Å². The number of benzene rings is 2. The molecule has 1 aliphatic rings. The molecule has 0 aromatic heterocycles. The van der Waals surface area contributed by atoms with Gasteiger partial charge in [0.2, 0.25) is 0 Å². The van der Waals surface area contributed by atoms with Gasteiger partial charge in [0.1, 0.15) is 24.2 Å². The Morgan fingerprint density at radius 1 is 1.00 bits per heavy atom. The van der Waals surface area contributed by atoms with E-state index in [1.165, 1.54) is 0 Å². The van der Waals surface area contributed by atoms with Gasteiger partial charge >= 0.3 is 5.97 Å². The van der Waals surface area contributed by atoms with E-state index < -0.39 is 5.97 Å². The summed E-state index contributed by atoms with van der Waals surface area (Å²) in [6.45, 7) is 0.532. The smallest absolute Gasteiger partial charge is 0.306 e. The molecule has 4 nitrogen and oxygen atoms in total. The largest absolute Gasteiger partial charge is 0.490 e. The number of hydrogen-bond acceptors (Lipinski definition) is 3. The second kappa shape index (κ2) is 6.52. The van der Waals surface area contributed by atoms with Gasteiger partial charge in [0.15, 0.2) is 0 Å². The van der Waals surface area contributed by atoms with Crippen molar-refractivity contribution in [2.75, 3.05) is 0 Å². The molecule has 1 N–H and O–H groups in total. The van der Waals surface area contributed by atoms with Crippen LogP contribution in [0.4, 0.5) is 0 Å². The number of ether oxygens (including phenoxy) is 2. The van der Waals surface area contributed by atoms with Crippen LogP contribution in [0.5, 0.6) is 11.5 Å². The average Bonchev–Trinajstić information content (AvgIpc) is 2.50. The van der Waals surface area contributed by atoms with Crippen LogP contribution in [0.15, 0.2) is 54.6 Å². The zero-order valence-electron chi connectivity index (χ0n) is 12.1. The lowest BCUT2D eigenvalue weighted by Crippen LogP contribution is -2.38. The molecular formula is C18H18O4. The summed E-state index contributed by atoms with van der Waals surface area (Å²) in [7, 11) is 0. The van der Waals surface area contributed by atoms with Gasteiger partial charge in [-0.15, -0.1) is 0 Å². The molecule has 22 heavy (non-hydrogen) atoms. The van der Waals surface area contributed by atoms with Crippen molar-refractivity contribution in [2.24, 2.45) is 5.92 Å². The summed E-state index contributed by atoms with van der Waals surface area (Å²) in [4.78, 5) is 10.7. The molecule has 0 radical (unpaired) electrons. The standard InChI is InChI=1S/C18H18O4/c19-18(20)14-10-17(11-14)22-16-8-6-15(7-9-16)21-12-13-4-2-1-3-5-13/h1-9,14,17H,10-12H2,(H,19,20). The lowest BCUT2D eigenvalue weighted by Gasteiger charge is -2.32. The van der Waals surface area contributed by atoms with Crippen LogP contribution in [0, 0.1) is 5.92 Å². The molecule has 0 heterocycles. The van der Waals surface area contributed by atoms with Gasteiger partial charge in [-0.2, -0.15) is 0 Å². The van der Waals surface area contributed by atoms with Gasteiger partial charge in [0.25, 0.3) is 0 Å². The molecule has 2 aromatic rings. The van der Waals surface area contributed by atoms with Crippen molar-refractivity contribution in [3.05, 3.63) is 60.2 Å². The molecule has 0 spiro atoms. The van der Waals surface area contributed by atoms with E-state index in [0.717, 1.165) is 17.1 Å². The number of aliphatic carboxylic acids is 1. The van der Waals surface area contributed by atoms with E-state index in [4.69, 9.17) is 14.6 Å². The van der Waals surface area contributed by atoms with Crippen LogP contribution in [0.1, 0.15) is 18.4 Å². The summed E-state index contributed by atoms with van der Waals surface area (Å²) in [6.07, 6.45) is 1.18. The first-order valence-electron chi connectivity index (χ1n) is 7.37. The van der Waals surface area contributed by atoms with Crippen LogP contribution in [0.2, 0.25) is 0 Å². The maximum atomic E-state index is 10.7. The fourth-order valence-corrected chi connectivity index (χ4v) is 2.41. The minimum Gasteiger partial charge on any atom is -0.490 e. The second-order valence-corrected chi connectivity index (χ2v) is 5.49. The minimum absolute atomic E-state index is 0.0113. The Morgan fingerprint density at radius 3 is 2.27 bits per heavy atom. The lowest BCUT2D eigenvalue weighted by molar-refractivity contribution is -0.147. The molecule has 1 saturated carbocycles. The van der Waals surface area contributed by atoms with Crippen molar-refractivity contribution in [1.29, 1.82) is 0 Å². The Labute approximate surface area is 129 Å². The molecule has 0 bridgehead atoms. The van der Waals surface area contributed by atoms with E-state index in [1.54, 1.807) is 0 Å². The molecular weight excluding hydrogens is 280 g/mol. The second-order valence-electron chi connectivity index (χ2n) is 5.49. The van der Waals surface area contributed by atoms with Crippen LogP contribution >= 0.6 is 0 Å². The predicted molar refractivity (Wildman–Crippen MR) is 82.0 cm³/mol. The van der Waals surface area contributed by atoms with Gasteiger partial charge in [-0.3, -0.25) is 4.79 Å². The van der Waals surface area contributed by atoms with Crippen molar-refractivity contribution < 1.29 is 19.4 Å². The highest BCUT2D eigenvalue weighted by atomic mass is 16.5. The summed E-state index contributed by atoms with van der Waals surface area (Å²) in [5.41, 5.74) is 1.12. The predicted octanol–water partition coefficient (Wildman–Crippen LogP) is 3.51. The zero-order valence-corrected chi connectivity index (χ0v) is 12.1. The molecule has 0 saturated heterocycles. The highest BCUT2D eigenvalue weighted by Crippen LogP contribution is 2.32. The average molecular weight is 298 g/mol. The van der Waals surface area contributed by atoms with Crippen LogP contribution < -0.4 is 9.47 Å². The Bertz CT molecular complexity index is 615. The fraction of sp³-hybridized carbons (Fsp3) is 0.278. The van der Waals surface area contributed by atoms with Crippen molar-refractivity contribution >= 4 is 5.97 Å². The fourth-order valence-electron chi connectivity index (χ4n) is 2.41. The summed E-state index contributed by atoms with van der Waals surface area (Å²) in [5, 5.41) is 8.83. The zero-order chi connectivity index (χ0) is 15.4. The molecule has 0 aliphatic heterocycles. The van der Waals surface area contributed by atoms with Gasteiger partial charge < -0.3 is 14.6 Å². The molecule has 3 rings (SSSR count). The minimum atomic E-state index is -0.732. The summed E-state index contributed by atoms with van der Waals surface area (Å²) in [5.74, 6) is 0.553. The first-order valence-corrected chi connectivity index (χ1v) is 7.37. The summed E-state index contributed by atoms with van der Waals surface area (Å²) >= 11 is 0. The summed E-state index contributed by atoms with van der Waals surface area (Å²) < 4.78 is 11.4. The molecule has 4 heteroatoms.